The Morgan fingerprint density at radius 1 is 1.20 bits per heavy atom. The van der Waals surface area contributed by atoms with Gasteiger partial charge in [0.15, 0.2) is 6.61 Å². The first-order valence-electron chi connectivity index (χ1n) is 7.54. The van der Waals surface area contributed by atoms with Crippen LogP contribution in [0.2, 0.25) is 5.02 Å². The zero-order valence-corrected chi connectivity index (χ0v) is 15.1. The lowest BCUT2D eigenvalue weighted by Crippen LogP contribution is -2.30. The van der Waals surface area contributed by atoms with Gasteiger partial charge in [0.25, 0.3) is 5.91 Å². The van der Waals surface area contributed by atoms with Crippen LogP contribution in [-0.2, 0) is 9.53 Å². The van der Waals surface area contributed by atoms with E-state index in [1.54, 1.807) is 11.8 Å². The average Bonchev–Trinajstić information content (AvgIpc) is 2.58. The summed E-state index contributed by atoms with van der Waals surface area (Å²) in [6.07, 6.45) is 0. The number of hydrogen-bond acceptors (Lipinski definition) is 4. The first-order valence-corrected chi connectivity index (χ1v) is 8.90. The second kappa shape index (κ2) is 9.44. The van der Waals surface area contributed by atoms with E-state index in [4.69, 9.17) is 16.3 Å². The molecule has 0 heterocycles. The minimum Gasteiger partial charge on any atom is -0.452 e. The van der Waals surface area contributed by atoms with Crippen molar-refractivity contribution < 1.29 is 18.7 Å². The van der Waals surface area contributed by atoms with E-state index in [1.807, 2.05) is 31.2 Å². The van der Waals surface area contributed by atoms with Crippen molar-refractivity contribution in [1.82, 2.24) is 5.32 Å². The Bertz CT molecular complexity index is 752. The molecule has 0 bridgehead atoms. The van der Waals surface area contributed by atoms with Crippen molar-refractivity contribution in [2.24, 2.45) is 0 Å². The second-order valence-electron chi connectivity index (χ2n) is 5.21. The van der Waals surface area contributed by atoms with Crippen LogP contribution in [0.1, 0.15) is 15.9 Å². The molecule has 0 aliphatic heterocycles. The minimum absolute atomic E-state index is 0.0193. The van der Waals surface area contributed by atoms with Crippen LogP contribution in [0.5, 0.6) is 0 Å². The molecular formula is C18H17ClFNO3S. The van der Waals surface area contributed by atoms with Crippen LogP contribution in [0.4, 0.5) is 4.39 Å². The third-order valence-electron chi connectivity index (χ3n) is 3.20. The van der Waals surface area contributed by atoms with Crippen LogP contribution in [-0.4, -0.2) is 30.8 Å². The highest BCUT2D eigenvalue weighted by molar-refractivity contribution is 7.99. The summed E-state index contributed by atoms with van der Waals surface area (Å²) in [6.45, 7) is 2.06. The highest BCUT2D eigenvalue weighted by Gasteiger charge is 2.14. The van der Waals surface area contributed by atoms with Crippen LogP contribution < -0.4 is 5.32 Å². The maximum Gasteiger partial charge on any atom is 0.340 e. The van der Waals surface area contributed by atoms with Crippen molar-refractivity contribution in [3.05, 3.63) is 64.4 Å². The molecule has 1 amide bonds. The van der Waals surface area contributed by atoms with Crippen molar-refractivity contribution in [3.63, 3.8) is 0 Å². The molecule has 132 valence electrons. The van der Waals surface area contributed by atoms with Crippen molar-refractivity contribution in [3.8, 4) is 0 Å². The molecule has 1 N–H and O–H groups in total. The molecule has 0 saturated carbocycles. The molecule has 0 saturated heterocycles. The first-order chi connectivity index (χ1) is 12.0. The molecule has 7 heteroatoms. The molecule has 0 aliphatic rings. The van der Waals surface area contributed by atoms with Crippen LogP contribution in [0, 0.1) is 12.7 Å². The summed E-state index contributed by atoms with van der Waals surface area (Å²) < 4.78 is 17.8. The van der Waals surface area contributed by atoms with E-state index >= 15 is 0 Å². The molecule has 0 fully saturated rings. The van der Waals surface area contributed by atoms with Gasteiger partial charge in [-0.1, -0.05) is 29.3 Å². The number of amides is 1. The van der Waals surface area contributed by atoms with Crippen LogP contribution >= 0.6 is 23.4 Å². The Labute approximate surface area is 154 Å². The zero-order valence-electron chi connectivity index (χ0n) is 13.6. The van der Waals surface area contributed by atoms with Crippen molar-refractivity contribution in [1.29, 1.82) is 0 Å². The molecular weight excluding hydrogens is 365 g/mol. The number of carbonyl (C=O) groups excluding carboxylic acids is 2. The summed E-state index contributed by atoms with van der Waals surface area (Å²) in [5.74, 6) is -1.03. The van der Waals surface area contributed by atoms with Gasteiger partial charge in [0, 0.05) is 17.2 Å². The van der Waals surface area contributed by atoms with Gasteiger partial charge in [0.2, 0.25) is 0 Å². The Kier molecular flexibility index (Phi) is 7.28. The Morgan fingerprint density at radius 2 is 1.92 bits per heavy atom. The van der Waals surface area contributed by atoms with E-state index in [9.17, 15) is 14.0 Å². The number of hydrogen-bond donors (Lipinski definition) is 1. The second-order valence-corrected chi connectivity index (χ2v) is 6.79. The maximum atomic E-state index is 12.9. The molecule has 4 nitrogen and oxygen atoms in total. The van der Waals surface area contributed by atoms with Gasteiger partial charge in [0.1, 0.15) is 5.82 Å². The normalized spacial score (nSPS) is 10.4. The Hall–Kier alpha value is -2.05. The number of ether oxygens (including phenoxy) is 1. The summed E-state index contributed by atoms with van der Waals surface area (Å²) in [4.78, 5) is 24.6. The van der Waals surface area contributed by atoms with E-state index in [-0.39, 0.29) is 10.6 Å². The van der Waals surface area contributed by atoms with Crippen molar-refractivity contribution >= 4 is 35.2 Å². The zero-order chi connectivity index (χ0) is 18.2. The smallest absolute Gasteiger partial charge is 0.340 e. The maximum absolute atomic E-state index is 12.9. The Balaban J connectivity index is 1.68. The number of thioether (sulfide) groups is 1. The van der Waals surface area contributed by atoms with Gasteiger partial charge in [-0.3, -0.25) is 4.79 Å². The largest absolute Gasteiger partial charge is 0.452 e. The number of carbonyl (C=O) groups is 2. The molecule has 0 unspecified atom stereocenters. The highest BCUT2D eigenvalue weighted by Crippen LogP contribution is 2.18. The number of aryl methyl sites for hydroxylation is 1. The third kappa shape index (κ3) is 6.40. The minimum atomic E-state index is -0.769. The molecule has 2 aromatic carbocycles. The predicted octanol–water partition coefficient (Wildman–Crippen LogP) is 3.85. The molecule has 0 spiro atoms. The van der Waals surface area contributed by atoms with E-state index in [0.29, 0.717) is 12.3 Å². The average molecular weight is 382 g/mol. The van der Waals surface area contributed by atoms with E-state index in [2.05, 4.69) is 5.32 Å². The summed E-state index contributed by atoms with van der Waals surface area (Å²) >= 11 is 7.39. The lowest BCUT2D eigenvalue weighted by atomic mass is 10.2. The quantitative estimate of drug-likeness (QED) is 0.449. The number of esters is 1. The standard InChI is InChI=1S/C18H17ClFNO3S/c1-12-2-5-14(6-3-12)25-9-8-21-17(22)11-24-18(23)15-7-4-13(20)10-16(15)19/h2-7,10H,8-9,11H2,1H3,(H,21,22). The molecule has 25 heavy (non-hydrogen) atoms. The van der Waals surface area contributed by atoms with Gasteiger partial charge in [-0.05, 0) is 37.3 Å². The highest BCUT2D eigenvalue weighted by atomic mass is 35.5. The summed E-state index contributed by atoms with van der Waals surface area (Å²) in [6, 6.07) is 11.4. The summed E-state index contributed by atoms with van der Waals surface area (Å²) in [7, 11) is 0. The summed E-state index contributed by atoms with van der Waals surface area (Å²) in [5.41, 5.74) is 1.21. The van der Waals surface area contributed by atoms with Crippen molar-refractivity contribution in [2.75, 3.05) is 18.9 Å². The number of nitrogens with one attached hydrogen (secondary N) is 1. The fourth-order valence-electron chi connectivity index (χ4n) is 1.91. The van der Waals surface area contributed by atoms with Crippen molar-refractivity contribution in [2.45, 2.75) is 11.8 Å². The van der Waals surface area contributed by atoms with E-state index in [0.717, 1.165) is 17.0 Å². The number of benzene rings is 2. The van der Waals surface area contributed by atoms with E-state index < -0.39 is 24.3 Å². The van der Waals surface area contributed by atoms with Crippen LogP contribution in [0.25, 0.3) is 0 Å². The first kappa shape index (κ1) is 19.3. The third-order valence-corrected chi connectivity index (χ3v) is 4.53. The molecule has 0 atom stereocenters. The number of rotatable bonds is 7. The summed E-state index contributed by atoms with van der Waals surface area (Å²) in [5, 5.41) is 2.61. The Morgan fingerprint density at radius 3 is 2.60 bits per heavy atom. The van der Waals surface area contributed by atoms with Gasteiger partial charge >= 0.3 is 5.97 Å². The SMILES string of the molecule is Cc1ccc(SCCNC(=O)COC(=O)c2ccc(F)cc2Cl)cc1. The van der Waals surface area contributed by atoms with Gasteiger partial charge in [-0.15, -0.1) is 11.8 Å². The lowest BCUT2D eigenvalue weighted by molar-refractivity contribution is -0.124. The monoisotopic (exact) mass is 381 g/mol. The molecule has 0 aromatic heterocycles. The molecule has 0 radical (unpaired) electrons. The molecule has 2 rings (SSSR count). The topological polar surface area (TPSA) is 55.4 Å². The van der Waals surface area contributed by atoms with Gasteiger partial charge < -0.3 is 10.1 Å². The van der Waals surface area contributed by atoms with Crippen LogP contribution in [0.3, 0.4) is 0 Å². The molecule has 0 aliphatic carbocycles. The van der Waals surface area contributed by atoms with Gasteiger partial charge in [-0.2, -0.15) is 0 Å². The van der Waals surface area contributed by atoms with Crippen LogP contribution in [0.15, 0.2) is 47.4 Å². The fourth-order valence-corrected chi connectivity index (χ4v) is 2.92. The van der Waals surface area contributed by atoms with E-state index in [1.165, 1.54) is 11.6 Å². The van der Waals surface area contributed by atoms with Gasteiger partial charge in [-0.25, -0.2) is 9.18 Å². The molecule has 2 aromatic rings. The lowest BCUT2D eigenvalue weighted by Gasteiger charge is -2.07. The predicted molar refractivity (Wildman–Crippen MR) is 96.6 cm³/mol. The van der Waals surface area contributed by atoms with Gasteiger partial charge in [0.05, 0.1) is 10.6 Å². The fraction of sp³-hybridized carbons (Fsp3) is 0.222. The number of halogens is 2.